The van der Waals surface area contributed by atoms with Crippen LogP contribution >= 0.6 is 0 Å². The van der Waals surface area contributed by atoms with Gasteiger partial charge in [0.05, 0.1) is 19.6 Å². The monoisotopic (exact) mass is 357 g/mol. The Hall–Kier alpha value is -1.95. The Morgan fingerprint density at radius 2 is 2.00 bits per heavy atom. The number of likely N-dealkylation sites (tertiary alicyclic amines) is 1. The third kappa shape index (κ3) is 3.34. The molecule has 6 heteroatoms. The first kappa shape index (κ1) is 17.5. The average molecular weight is 357 g/mol. The topological polar surface area (TPSA) is 62.7 Å². The molecule has 2 aliphatic heterocycles. The predicted octanol–water partition coefficient (Wildman–Crippen LogP) is 1.50. The van der Waals surface area contributed by atoms with E-state index in [1.807, 2.05) is 28.0 Å². The van der Waals surface area contributed by atoms with Crippen LogP contribution in [0.2, 0.25) is 0 Å². The Morgan fingerprint density at radius 1 is 1.15 bits per heavy atom. The van der Waals surface area contributed by atoms with Crippen molar-refractivity contribution in [3.05, 3.63) is 30.1 Å². The molecule has 1 aliphatic carbocycles. The van der Waals surface area contributed by atoms with E-state index in [9.17, 15) is 9.59 Å². The van der Waals surface area contributed by atoms with E-state index >= 15 is 0 Å². The minimum absolute atomic E-state index is 0.0187. The summed E-state index contributed by atoms with van der Waals surface area (Å²) < 4.78 is 5.38. The number of ether oxygens (including phenoxy) is 1. The van der Waals surface area contributed by atoms with Crippen molar-refractivity contribution in [1.82, 2.24) is 14.8 Å². The maximum atomic E-state index is 13.1. The molecule has 2 saturated heterocycles. The summed E-state index contributed by atoms with van der Waals surface area (Å²) in [5.74, 6) is 0.475. The Bertz CT molecular complexity index is 660. The fourth-order valence-corrected chi connectivity index (χ4v) is 4.89. The van der Waals surface area contributed by atoms with Crippen molar-refractivity contribution < 1.29 is 14.3 Å². The van der Waals surface area contributed by atoms with Crippen molar-refractivity contribution in [2.45, 2.75) is 32.1 Å². The summed E-state index contributed by atoms with van der Waals surface area (Å²) in [4.78, 5) is 34.0. The Kier molecular flexibility index (Phi) is 4.94. The number of morpholine rings is 1. The lowest BCUT2D eigenvalue weighted by Gasteiger charge is -2.36. The summed E-state index contributed by atoms with van der Waals surface area (Å²) in [5, 5.41) is 0. The minimum atomic E-state index is -0.0187. The maximum Gasteiger partial charge on any atom is 0.228 e. The first-order chi connectivity index (χ1) is 12.7. The quantitative estimate of drug-likeness (QED) is 0.822. The van der Waals surface area contributed by atoms with Gasteiger partial charge >= 0.3 is 0 Å². The van der Waals surface area contributed by atoms with E-state index in [4.69, 9.17) is 4.74 Å². The highest BCUT2D eigenvalue weighted by Crippen LogP contribution is 2.50. The van der Waals surface area contributed by atoms with Gasteiger partial charge in [0.15, 0.2) is 0 Å². The number of pyridine rings is 1. The molecular weight excluding hydrogens is 330 g/mol. The number of hydrogen-bond acceptors (Lipinski definition) is 4. The normalized spacial score (nSPS) is 28.7. The lowest BCUT2D eigenvalue weighted by atomic mass is 9.76. The van der Waals surface area contributed by atoms with E-state index in [0.717, 1.165) is 44.5 Å². The third-order valence-electron chi connectivity index (χ3n) is 6.32. The standard InChI is InChI=1S/C20H27N3O3/c24-18(14-16-4-1-2-8-21-16)23-9-7-20(15-23)6-3-5-17(20)19(25)22-10-12-26-13-11-22/h1-2,4,8,17H,3,5-7,9-15H2. The van der Waals surface area contributed by atoms with E-state index in [2.05, 4.69) is 4.98 Å². The van der Waals surface area contributed by atoms with Gasteiger partial charge in [0.25, 0.3) is 0 Å². The van der Waals surface area contributed by atoms with Crippen LogP contribution in [0.25, 0.3) is 0 Å². The van der Waals surface area contributed by atoms with Gasteiger partial charge in [-0.2, -0.15) is 0 Å². The molecule has 140 valence electrons. The number of amides is 2. The van der Waals surface area contributed by atoms with Crippen molar-refractivity contribution >= 4 is 11.8 Å². The fraction of sp³-hybridized carbons (Fsp3) is 0.650. The highest BCUT2D eigenvalue weighted by atomic mass is 16.5. The zero-order valence-corrected chi connectivity index (χ0v) is 15.2. The van der Waals surface area contributed by atoms with E-state index < -0.39 is 0 Å². The summed E-state index contributed by atoms with van der Waals surface area (Å²) in [6.45, 7) is 4.17. The molecule has 1 aromatic heterocycles. The predicted molar refractivity (Wildman–Crippen MR) is 96.3 cm³/mol. The van der Waals surface area contributed by atoms with E-state index in [1.54, 1.807) is 6.20 Å². The molecule has 4 rings (SSSR count). The lowest BCUT2D eigenvalue weighted by molar-refractivity contribution is -0.143. The molecule has 1 spiro atoms. The SMILES string of the molecule is O=C(Cc1ccccn1)N1CCC2(CCCC2C(=O)N2CCOCC2)C1. The molecule has 3 aliphatic rings. The van der Waals surface area contributed by atoms with Crippen LogP contribution in [-0.2, 0) is 20.7 Å². The number of nitrogens with zero attached hydrogens (tertiary/aromatic N) is 3. The van der Waals surface area contributed by atoms with Gasteiger partial charge in [0.1, 0.15) is 0 Å². The van der Waals surface area contributed by atoms with Gasteiger partial charge in [-0.1, -0.05) is 12.5 Å². The molecule has 3 heterocycles. The van der Waals surface area contributed by atoms with Crippen LogP contribution in [0.3, 0.4) is 0 Å². The van der Waals surface area contributed by atoms with Crippen molar-refractivity contribution in [3.8, 4) is 0 Å². The summed E-state index contributed by atoms with van der Waals surface area (Å²) in [5.41, 5.74) is 0.792. The van der Waals surface area contributed by atoms with E-state index in [0.29, 0.717) is 32.7 Å². The molecule has 0 aromatic carbocycles. The fourth-order valence-electron chi connectivity index (χ4n) is 4.89. The number of carbonyl (C=O) groups excluding carboxylic acids is 2. The van der Waals surface area contributed by atoms with Crippen LogP contribution in [0.1, 0.15) is 31.4 Å². The second-order valence-electron chi connectivity index (χ2n) is 7.81. The molecule has 26 heavy (non-hydrogen) atoms. The van der Waals surface area contributed by atoms with Crippen LogP contribution in [0.5, 0.6) is 0 Å². The minimum Gasteiger partial charge on any atom is -0.378 e. The van der Waals surface area contributed by atoms with Crippen LogP contribution in [0, 0.1) is 11.3 Å². The highest BCUT2D eigenvalue weighted by Gasteiger charge is 2.52. The molecule has 6 nitrogen and oxygen atoms in total. The molecule has 2 amide bonds. The number of aromatic nitrogens is 1. The molecule has 1 aromatic rings. The summed E-state index contributed by atoms with van der Waals surface area (Å²) in [6.07, 6.45) is 6.12. The Labute approximate surface area is 154 Å². The van der Waals surface area contributed by atoms with Gasteiger partial charge in [-0.25, -0.2) is 0 Å². The van der Waals surface area contributed by atoms with Crippen LogP contribution in [0.4, 0.5) is 0 Å². The lowest BCUT2D eigenvalue weighted by Crippen LogP contribution is -2.47. The van der Waals surface area contributed by atoms with Gasteiger partial charge in [-0.15, -0.1) is 0 Å². The first-order valence-electron chi connectivity index (χ1n) is 9.72. The zero-order valence-electron chi connectivity index (χ0n) is 15.2. The molecule has 3 fully saturated rings. The molecule has 2 unspecified atom stereocenters. The van der Waals surface area contributed by atoms with Crippen molar-refractivity contribution in [1.29, 1.82) is 0 Å². The summed E-state index contributed by atoms with van der Waals surface area (Å²) >= 11 is 0. The second-order valence-corrected chi connectivity index (χ2v) is 7.81. The Balaban J connectivity index is 1.42. The van der Waals surface area contributed by atoms with Crippen molar-refractivity contribution in [3.63, 3.8) is 0 Å². The number of hydrogen-bond donors (Lipinski definition) is 0. The summed E-state index contributed by atoms with van der Waals surface area (Å²) in [7, 11) is 0. The van der Waals surface area contributed by atoms with E-state index in [-0.39, 0.29) is 23.1 Å². The Morgan fingerprint density at radius 3 is 2.77 bits per heavy atom. The van der Waals surface area contributed by atoms with Crippen molar-refractivity contribution in [2.75, 3.05) is 39.4 Å². The average Bonchev–Trinajstić information content (AvgIpc) is 3.30. The first-order valence-corrected chi connectivity index (χ1v) is 9.72. The van der Waals surface area contributed by atoms with Gasteiger partial charge in [0.2, 0.25) is 11.8 Å². The van der Waals surface area contributed by atoms with Crippen LogP contribution < -0.4 is 0 Å². The smallest absolute Gasteiger partial charge is 0.228 e. The van der Waals surface area contributed by atoms with Gasteiger partial charge in [-0.05, 0) is 31.4 Å². The largest absolute Gasteiger partial charge is 0.378 e. The summed E-state index contributed by atoms with van der Waals surface area (Å²) in [6, 6.07) is 5.67. The van der Waals surface area contributed by atoms with Gasteiger partial charge in [0, 0.05) is 49.4 Å². The third-order valence-corrected chi connectivity index (χ3v) is 6.32. The molecule has 1 saturated carbocycles. The molecular formula is C20H27N3O3. The van der Waals surface area contributed by atoms with Crippen LogP contribution in [0.15, 0.2) is 24.4 Å². The van der Waals surface area contributed by atoms with Crippen LogP contribution in [-0.4, -0.2) is 66.0 Å². The number of carbonyl (C=O) groups is 2. The molecule has 0 radical (unpaired) electrons. The molecule has 0 bridgehead atoms. The maximum absolute atomic E-state index is 13.1. The molecule has 2 atom stereocenters. The van der Waals surface area contributed by atoms with Gasteiger partial charge < -0.3 is 14.5 Å². The second kappa shape index (κ2) is 7.35. The highest BCUT2D eigenvalue weighted by molar-refractivity contribution is 5.81. The van der Waals surface area contributed by atoms with Gasteiger partial charge in [-0.3, -0.25) is 14.6 Å². The van der Waals surface area contributed by atoms with E-state index in [1.165, 1.54) is 0 Å². The van der Waals surface area contributed by atoms with Crippen molar-refractivity contribution in [2.24, 2.45) is 11.3 Å². The molecule has 0 N–H and O–H groups in total. The zero-order chi connectivity index (χ0) is 18.0. The number of rotatable bonds is 3.